The smallest absolute Gasteiger partial charge is 0.234 e. The van der Waals surface area contributed by atoms with Gasteiger partial charge in [0.25, 0.3) is 0 Å². The molecule has 2 atom stereocenters. The van der Waals surface area contributed by atoms with Gasteiger partial charge in [0.1, 0.15) is 9.84 Å². The second-order valence-corrected chi connectivity index (χ2v) is 7.67. The summed E-state index contributed by atoms with van der Waals surface area (Å²) in [6.45, 7) is 6.14. The second-order valence-electron chi connectivity index (χ2n) is 5.34. The van der Waals surface area contributed by atoms with Gasteiger partial charge >= 0.3 is 0 Å². The van der Waals surface area contributed by atoms with Crippen molar-refractivity contribution in [3.63, 3.8) is 0 Å². The molecule has 1 rings (SSSR count). The van der Waals surface area contributed by atoms with Gasteiger partial charge in [-0.2, -0.15) is 0 Å². The normalized spacial score (nSPS) is 24.4. The molecule has 0 heterocycles. The van der Waals surface area contributed by atoms with Crippen LogP contribution in [0.4, 0.5) is 0 Å². The zero-order valence-corrected chi connectivity index (χ0v) is 13.0. The van der Waals surface area contributed by atoms with E-state index in [2.05, 4.69) is 5.32 Å². The topological polar surface area (TPSA) is 66.5 Å². The summed E-state index contributed by atoms with van der Waals surface area (Å²) in [5, 5.41) is 2.68. The monoisotopic (exact) mass is 290 g/mol. The highest BCUT2D eigenvalue weighted by molar-refractivity contribution is 7.91. The van der Waals surface area contributed by atoms with Crippen LogP contribution in [0.3, 0.4) is 0 Å². The molecule has 5 nitrogen and oxygen atoms in total. The maximum absolute atomic E-state index is 11.9. The van der Waals surface area contributed by atoms with Crippen molar-refractivity contribution >= 4 is 15.7 Å². The van der Waals surface area contributed by atoms with E-state index in [0.29, 0.717) is 13.0 Å². The zero-order valence-electron chi connectivity index (χ0n) is 12.2. The number of hydrogen-bond donors (Lipinski definition) is 1. The third-order valence-corrected chi connectivity index (χ3v) is 5.50. The fourth-order valence-corrected chi connectivity index (χ4v) is 3.77. The molecule has 1 saturated carbocycles. The molecule has 1 amide bonds. The predicted molar refractivity (Wildman–Crippen MR) is 76.8 cm³/mol. The van der Waals surface area contributed by atoms with Gasteiger partial charge in [0.05, 0.1) is 11.8 Å². The Morgan fingerprint density at radius 1 is 1.26 bits per heavy atom. The van der Waals surface area contributed by atoms with Crippen molar-refractivity contribution in [1.82, 2.24) is 10.2 Å². The van der Waals surface area contributed by atoms with Gasteiger partial charge in [-0.3, -0.25) is 9.69 Å². The van der Waals surface area contributed by atoms with Crippen LogP contribution in [0, 0.1) is 0 Å². The van der Waals surface area contributed by atoms with E-state index < -0.39 is 9.84 Å². The Morgan fingerprint density at radius 3 is 2.42 bits per heavy atom. The first-order valence-corrected chi connectivity index (χ1v) is 9.02. The molecule has 0 aliphatic heterocycles. The fourth-order valence-electron chi connectivity index (χ4n) is 2.59. The minimum Gasteiger partial charge on any atom is -0.352 e. The molecule has 19 heavy (non-hydrogen) atoms. The Labute approximate surface area is 116 Å². The summed E-state index contributed by atoms with van der Waals surface area (Å²) in [7, 11) is -2.99. The second kappa shape index (κ2) is 7.24. The zero-order chi connectivity index (χ0) is 14.5. The highest BCUT2D eigenvalue weighted by Gasteiger charge is 2.29. The minimum absolute atomic E-state index is 0.00264. The van der Waals surface area contributed by atoms with Crippen molar-refractivity contribution in [2.45, 2.75) is 50.8 Å². The molecule has 0 unspecified atom stereocenters. The molecule has 1 fully saturated rings. The number of likely N-dealkylation sites (N-methyl/N-ethyl adjacent to an activating group) is 1. The summed E-state index contributed by atoms with van der Waals surface area (Å²) in [6.07, 6.45) is 4.33. The highest BCUT2D eigenvalue weighted by Crippen LogP contribution is 2.23. The molecule has 6 heteroatoms. The quantitative estimate of drug-likeness (QED) is 0.786. The highest BCUT2D eigenvalue weighted by atomic mass is 32.2. The van der Waals surface area contributed by atoms with Crippen LogP contribution in [-0.2, 0) is 14.6 Å². The van der Waals surface area contributed by atoms with E-state index in [9.17, 15) is 13.2 Å². The Morgan fingerprint density at radius 2 is 1.89 bits per heavy atom. The maximum Gasteiger partial charge on any atom is 0.234 e. The van der Waals surface area contributed by atoms with E-state index >= 15 is 0 Å². The first-order chi connectivity index (χ1) is 8.86. The summed E-state index contributed by atoms with van der Waals surface area (Å²) in [5.74, 6) is 0.00264. The molecular weight excluding hydrogens is 264 g/mol. The van der Waals surface area contributed by atoms with Crippen LogP contribution in [-0.4, -0.2) is 56.4 Å². The van der Waals surface area contributed by atoms with Crippen molar-refractivity contribution in [1.29, 1.82) is 0 Å². The average molecular weight is 290 g/mol. The Hall–Kier alpha value is -0.620. The fraction of sp³-hybridized carbons (Fsp3) is 0.923. The van der Waals surface area contributed by atoms with E-state index in [0.717, 1.165) is 32.4 Å². The predicted octanol–water partition coefficient (Wildman–Crippen LogP) is 0.800. The lowest BCUT2D eigenvalue weighted by atomic mass is 9.95. The van der Waals surface area contributed by atoms with Gasteiger partial charge < -0.3 is 5.32 Å². The van der Waals surface area contributed by atoms with Crippen molar-refractivity contribution in [3.05, 3.63) is 0 Å². The molecule has 112 valence electrons. The molecule has 0 aromatic heterocycles. The van der Waals surface area contributed by atoms with E-state index in [-0.39, 0.29) is 17.2 Å². The van der Waals surface area contributed by atoms with Gasteiger partial charge in [0.15, 0.2) is 0 Å². The summed E-state index contributed by atoms with van der Waals surface area (Å²) in [4.78, 5) is 13.9. The SMILES string of the molecule is CCN(CC)CC(=O)N[C@@H]1CCC[C@H](S(C)(=O)=O)C1. The lowest BCUT2D eigenvalue weighted by Crippen LogP contribution is -2.45. The van der Waals surface area contributed by atoms with Crippen LogP contribution >= 0.6 is 0 Å². The molecule has 0 bridgehead atoms. The molecule has 0 saturated heterocycles. The van der Waals surface area contributed by atoms with Crippen LogP contribution in [0.2, 0.25) is 0 Å². The number of nitrogens with zero attached hydrogens (tertiary/aromatic N) is 1. The average Bonchev–Trinajstić information content (AvgIpc) is 2.35. The largest absolute Gasteiger partial charge is 0.352 e. The van der Waals surface area contributed by atoms with Gasteiger partial charge in [-0.1, -0.05) is 20.3 Å². The first-order valence-electron chi connectivity index (χ1n) is 7.07. The first kappa shape index (κ1) is 16.4. The van der Waals surface area contributed by atoms with Crippen molar-refractivity contribution in [3.8, 4) is 0 Å². The van der Waals surface area contributed by atoms with Crippen LogP contribution in [0.5, 0.6) is 0 Å². The minimum atomic E-state index is -2.99. The van der Waals surface area contributed by atoms with Gasteiger partial charge in [-0.05, 0) is 32.4 Å². The maximum atomic E-state index is 11.9. The molecule has 0 radical (unpaired) electrons. The molecule has 0 spiro atoms. The summed E-state index contributed by atoms with van der Waals surface area (Å²) in [6, 6.07) is 0.0107. The Kier molecular flexibility index (Phi) is 6.26. The van der Waals surface area contributed by atoms with E-state index in [1.165, 1.54) is 6.26 Å². The van der Waals surface area contributed by atoms with Gasteiger partial charge in [0, 0.05) is 12.3 Å². The molecule has 0 aromatic carbocycles. The third-order valence-electron chi connectivity index (χ3n) is 3.86. The molecule has 1 aliphatic rings. The molecule has 1 aliphatic carbocycles. The number of rotatable bonds is 6. The van der Waals surface area contributed by atoms with Crippen molar-refractivity contribution in [2.24, 2.45) is 0 Å². The third kappa shape index (κ3) is 5.48. The number of sulfone groups is 1. The number of carbonyl (C=O) groups is 1. The van der Waals surface area contributed by atoms with Crippen LogP contribution in [0.25, 0.3) is 0 Å². The molecule has 1 N–H and O–H groups in total. The van der Waals surface area contributed by atoms with E-state index in [4.69, 9.17) is 0 Å². The van der Waals surface area contributed by atoms with Crippen LogP contribution in [0.1, 0.15) is 39.5 Å². The lowest BCUT2D eigenvalue weighted by Gasteiger charge is -2.29. The van der Waals surface area contributed by atoms with E-state index in [1.54, 1.807) is 0 Å². The number of nitrogens with one attached hydrogen (secondary N) is 1. The lowest BCUT2D eigenvalue weighted by molar-refractivity contribution is -0.123. The summed E-state index contributed by atoms with van der Waals surface area (Å²) < 4.78 is 23.1. The Balaban J connectivity index is 2.46. The molecule has 0 aromatic rings. The molecular formula is C13H26N2O3S. The van der Waals surface area contributed by atoms with Gasteiger partial charge in [0.2, 0.25) is 5.91 Å². The summed E-state index contributed by atoms with van der Waals surface area (Å²) >= 11 is 0. The van der Waals surface area contributed by atoms with Crippen LogP contribution in [0.15, 0.2) is 0 Å². The number of carbonyl (C=O) groups excluding carboxylic acids is 1. The number of hydrogen-bond acceptors (Lipinski definition) is 4. The van der Waals surface area contributed by atoms with Gasteiger partial charge in [-0.15, -0.1) is 0 Å². The summed E-state index contributed by atoms with van der Waals surface area (Å²) in [5.41, 5.74) is 0. The van der Waals surface area contributed by atoms with Crippen molar-refractivity contribution in [2.75, 3.05) is 25.9 Å². The number of amides is 1. The van der Waals surface area contributed by atoms with Crippen LogP contribution < -0.4 is 5.32 Å². The standard InChI is InChI=1S/C13H26N2O3S/c1-4-15(5-2)10-13(16)14-11-7-6-8-12(9-11)19(3,17)18/h11-12H,4-10H2,1-3H3,(H,14,16)/t11-,12+/m1/s1. The van der Waals surface area contributed by atoms with E-state index in [1.807, 2.05) is 18.7 Å². The van der Waals surface area contributed by atoms with Crippen molar-refractivity contribution < 1.29 is 13.2 Å². The Bertz CT molecular complexity index is 391. The van der Waals surface area contributed by atoms with Gasteiger partial charge in [-0.25, -0.2) is 8.42 Å².